The van der Waals surface area contributed by atoms with E-state index in [2.05, 4.69) is 39.3 Å². The van der Waals surface area contributed by atoms with E-state index in [0.29, 0.717) is 18.9 Å². The fourth-order valence-corrected chi connectivity index (χ4v) is 5.52. The highest BCUT2D eigenvalue weighted by Gasteiger charge is 2.49. The van der Waals surface area contributed by atoms with Gasteiger partial charge in [0, 0.05) is 35.3 Å². The second-order valence-corrected chi connectivity index (χ2v) is 9.11. The van der Waals surface area contributed by atoms with Crippen LogP contribution in [-0.2, 0) is 4.74 Å². The molecule has 2 saturated heterocycles. The number of hydrogen-bond acceptors (Lipinski definition) is 6. The monoisotopic (exact) mass is 398 g/mol. The van der Waals surface area contributed by atoms with Gasteiger partial charge in [-0.2, -0.15) is 0 Å². The zero-order valence-electron chi connectivity index (χ0n) is 20.1. The van der Waals surface area contributed by atoms with Crippen molar-refractivity contribution in [1.82, 2.24) is 26.2 Å². The van der Waals surface area contributed by atoms with Gasteiger partial charge in [0.05, 0.1) is 12.3 Å². The number of nitrogens with zero attached hydrogens (tertiary/aromatic N) is 1. The van der Waals surface area contributed by atoms with Crippen molar-refractivity contribution in [2.75, 3.05) is 33.7 Å². The first-order valence-corrected chi connectivity index (χ1v) is 10.9. The minimum absolute atomic E-state index is 0.0288. The van der Waals surface area contributed by atoms with E-state index in [-0.39, 0.29) is 36.6 Å². The molecule has 160 valence electrons. The zero-order chi connectivity index (χ0) is 22.2. The Bertz CT molecular complexity index is 651. The third-order valence-electron chi connectivity index (χ3n) is 6.96. The van der Waals surface area contributed by atoms with E-state index < -0.39 is 13.1 Å². The molecule has 0 amide bonds. The van der Waals surface area contributed by atoms with Gasteiger partial charge in [0.1, 0.15) is 12.5 Å². The van der Waals surface area contributed by atoms with Crippen LogP contribution in [-0.4, -0.2) is 75.4 Å². The van der Waals surface area contributed by atoms with Crippen molar-refractivity contribution in [3.8, 4) is 0 Å². The number of likely N-dealkylation sites (N-methyl/N-ethyl adjacent to an activating group) is 1. The van der Waals surface area contributed by atoms with E-state index >= 15 is 4.39 Å². The summed E-state index contributed by atoms with van der Waals surface area (Å²) in [7, 11) is 2.11. The normalized spacial score (nSPS) is 47.4. The number of hydrogen-bond donors (Lipinski definition) is 4. The van der Waals surface area contributed by atoms with E-state index in [0.717, 1.165) is 38.8 Å². The maximum absolute atomic E-state index is 16.0. The van der Waals surface area contributed by atoms with Crippen LogP contribution in [0.1, 0.15) is 43.1 Å². The van der Waals surface area contributed by atoms with E-state index in [1.54, 1.807) is 0 Å². The van der Waals surface area contributed by atoms with Crippen LogP contribution < -0.4 is 21.3 Å². The highest BCUT2D eigenvalue weighted by molar-refractivity contribution is 5.18. The van der Waals surface area contributed by atoms with Crippen LogP contribution in [0.5, 0.6) is 0 Å². The number of halogens is 1. The predicted molar refractivity (Wildman–Crippen MR) is 110 cm³/mol. The van der Waals surface area contributed by atoms with Gasteiger partial charge in [-0.15, -0.1) is 0 Å². The summed E-state index contributed by atoms with van der Waals surface area (Å²) in [4.78, 5) is 2.28. The molecule has 0 aromatic heterocycles. The van der Waals surface area contributed by atoms with Crippen molar-refractivity contribution in [1.29, 1.82) is 0 Å². The number of fused-ring (bicyclic) bond motifs is 1. The summed E-state index contributed by atoms with van der Waals surface area (Å²) in [5, 5.41) is 12.8. The van der Waals surface area contributed by atoms with E-state index in [1.165, 1.54) is 5.57 Å². The first kappa shape index (κ1) is 17.1. The summed E-state index contributed by atoms with van der Waals surface area (Å²) in [6.07, 6.45) is 4.78. The van der Waals surface area contributed by atoms with Crippen LogP contribution in [0.4, 0.5) is 4.39 Å². The second kappa shape index (κ2) is 9.06. The summed E-state index contributed by atoms with van der Waals surface area (Å²) in [5.41, 5.74) is 1.21. The van der Waals surface area contributed by atoms with Crippen LogP contribution in [0.2, 0.25) is 0 Å². The Hall–Kier alpha value is -0.570. The molecule has 7 heteroatoms. The number of rotatable bonds is 4. The number of nitrogens with one attached hydrogen (secondary N) is 4. The smallest absolute Gasteiger partial charge is 0.124 e. The van der Waals surface area contributed by atoms with Gasteiger partial charge in [-0.05, 0) is 65.5 Å². The SMILES string of the molecule is [2H]C([2H])([2H])NC1CC(C)NC(NC2CC3CCOC3C(C3=CCN(C)CCC3)C2F)N1. The summed E-state index contributed by atoms with van der Waals surface area (Å²) >= 11 is 0. The summed E-state index contributed by atoms with van der Waals surface area (Å²) in [6.45, 7) is 2.41. The van der Waals surface area contributed by atoms with Crippen molar-refractivity contribution in [3.05, 3.63) is 11.6 Å². The van der Waals surface area contributed by atoms with Gasteiger partial charge >= 0.3 is 0 Å². The Labute approximate surface area is 173 Å². The molecule has 3 fully saturated rings. The molecule has 3 heterocycles. The molecule has 28 heavy (non-hydrogen) atoms. The van der Waals surface area contributed by atoms with Gasteiger partial charge in [0.15, 0.2) is 0 Å². The molecule has 0 bridgehead atoms. The van der Waals surface area contributed by atoms with Gasteiger partial charge in [-0.25, -0.2) is 4.39 Å². The third kappa shape index (κ3) is 4.45. The molecule has 0 spiro atoms. The first-order valence-electron chi connectivity index (χ1n) is 12.4. The molecule has 1 aliphatic carbocycles. The highest BCUT2D eigenvalue weighted by Crippen LogP contribution is 2.44. The second-order valence-electron chi connectivity index (χ2n) is 9.11. The van der Waals surface area contributed by atoms with Gasteiger partial charge in [-0.3, -0.25) is 16.0 Å². The summed E-state index contributed by atoms with van der Waals surface area (Å²) in [5.74, 6) is 0.149. The molecule has 4 aliphatic rings. The van der Waals surface area contributed by atoms with Crippen LogP contribution in [0.25, 0.3) is 0 Å². The van der Waals surface area contributed by atoms with Crippen LogP contribution >= 0.6 is 0 Å². The summed E-state index contributed by atoms with van der Waals surface area (Å²) < 4.78 is 44.6. The Morgan fingerprint density at radius 1 is 1.36 bits per heavy atom. The quantitative estimate of drug-likeness (QED) is 0.533. The lowest BCUT2D eigenvalue weighted by atomic mass is 9.71. The van der Waals surface area contributed by atoms with Crippen LogP contribution in [0, 0.1) is 11.8 Å². The van der Waals surface area contributed by atoms with E-state index in [9.17, 15) is 0 Å². The van der Waals surface area contributed by atoms with Crippen molar-refractivity contribution in [2.45, 2.75) is 75.8 Å². The Morgan fingerprint density at radius 2 is 2.25 bits per heavy atom. The fraction of sp³-hybridized carbons (Fsp3) is 0.905. The highest BCUT2D eigenvalue weighted by atomic mass is 19.1. The first-order chi connectivity index (χ1) is 14.7. The minimum Gasteiger partial charge on any atom is -0.377 e. The molecule has 6 nitrogen and oxygen atoms in total. The third-order valence-corrected chi connectivity index (χ3v) is 6.96. The van der Waals surface area contributed by atoms with Gasteiger partial charge < -0.3 is 15.0 Å². The van der Waals surface area contributed by atoms with Crippen molar-refractivity contribution in [3.63, 3.8) is 0 Å². The molecule has 0 aromatic carbocycles. The standard InChI is InChI=1S/C21H38FN5O/c1-13-11-17(23-2)26-21(24-13)25-16-12-15-7-10-28-20(15)18(19(16)22)14-5-4-8-27(3)9-6-14/h6,13,15-21,23-26H,4-5,7-12H2,1-3H3/i2D3. The van der Waals surface area contributed by atoms with Gasteiger partial charge in [0.25, 0.3) is 0 Å². The number of ether oxygens (including phenoxy) is 1. The van der Waals surface area contributed by atoms with E-state index in [4.69, 9.17) is 8.85 Å². The fourth-order valence-electron chi connectivity index (χ4n) is 5.52. The lowest BCUT2D eigenvalue weighted by Crippen LogP contribution is -2.69. The molecule has 1 saturated carbocycles. The molecule has 3 aliphatic heterocycles. The topological polar surface area (TPSA) is 60.6 Å². The molecular formula is C21H38FN5O. The molecule has 4 rings (SSSR count). The van der Waals surface area contributed by atoms with Crippen molar-refractivity contribution in [2.24, 2.45) is 11.8 Å². The van der Waals surface area contributed by atoms with Crippen molar-refractivity contribution >= 4 is 0 Å². The average molecular weight is 399 g/mol. The minimum atomic E-state index is -2.22. The molecule has 4 N–H and O–H groups in total. The Kier molecular flexibility index (Phi) is 5.55. The molecule has 8 unspecified atom stereocenters. The van der Waals surface area contributed by atoms with E-state index in [1.807, 2.05) is 6.92 Å². The lowest BCUT2D eigenvalue weighted by molar-refractivity contribution is -0.0262. The Balaban J connectivity index is 1.46. The zero-order valence-corrected chi connectivity index (χ0v) is 17.1. The molecule has 8 atom stereocenters. The van der Waals surface area contributed by atoms with Gasteiger partial charge in [-0.1, -0.05) is 11.6 Å². The molecule has 0 aromatic rings. The largest absolute Gasteiger partial charge is 0.377 e. The molecule has 0 radical (unpaired) electrons. The maximum Gasteiger partial charge on any atom is 0.124 e. The van der Waals surface area contributed by atoms with Gasteiger partial charge in [0.2, 0.25) is 0 Å². The predicted octanol–water partition coefficient (Wildman–Crippen LogP) is 1.16. The number of alkyl halides is 1. The van der Waals surface area contributed by atoms with Crippen LogP contribution in [0.15, 0.2) is 11.6 Å². The lowest BCUT2D eigenvalue weighted by Gasteiger charge is -2.45. The molecular weight excluding hydrogens is 357 g/mol. The summed E-state index contributed by atoms with van der Waals surface area (Å²) in [6, 6.07) is -0.197. The van der Waals surface area contributed by atoms with Crippen molar-refractivity contribution < 1.29 is 13.2 Å². The average Bonchev–Trinajstić information content (AvgIpc) is 3.01. The Morgan fingerprint density at radius 3 is 3.11 bits per heavy atom. The maximum atomic E-state index is 16.0. The van der Waals surface area contributed by atoms with Crippen LogP contribution in [0.3, 0.4) is 0 Å².